The molecule has 0 spiro atoms. The molecular formula is C8H17N2. The van der Waals surface area contributed by atoms with Gasteiger partial charge in [-0.25, -0.2) is 5.32 Å². The average molecular weight is 141 g/mol. The summed E-state index contributed by atoms with van der Waals surface area (Å²) in [7, 11) is 0. The lowest BCUT2D eigenvalue weighted by molar-refractivity contribution is 0.425. The van der Waals surface area contributed by atoms with Gasteiger partial charge in [0.2, 0.25) is 0 Å². The van der Waals surface area contributed by atoms with Crippen LogP contribution in [0.3, 0.4) is 0 Å². The second-order valence-corrected chi connectivity index (χ2v) is 3.13. The molecule has 0 amide bonds. The van der Waals surface area contributed by atoms with E-state index in [1.165, 1.54) is 0 Å². The Labute approximate surface area is 63.4 Å². The summed E-state index contributed by atoms with van der Waals surface area (Å²) in [5, 5.41) is 7.72. The molecule has 2 atom stereocenters. The molecule has 59 valence electrons. The van der Waals surface area contributed by atoms with Crippen LogP contribution in [0.25, 0.3) is 0 Å². The molecule has 1 rings (SSSR count). The first-order chi connectivity index (χ1) is 4.84. The Morgan fingerprint density at radius 2 is 2.30 bits per heavy atom. The SMILES string of the molecule is CCNCC1C[N]CC1C. The molecule has 2 nitrogen and oxygen atoms in total. The lowest BCUT2D eigenvalue weighted by atomic mass is 9.98. The maximum absolute atomic E-state index is 4.36. The van der Waals surface area contributed by atoms with Crippen LogP contribution in [0.2, 0.25) is 0 Å². The molecule has 0 aliphatic carbocycles. The van der Waals surface area contributed by atoms with Crippen LogP contribution in [-0.2, 0) is 0 Å². The Morgan fingerprint density at radius 3 is 2.80 bits per heavy atom. The topological polar surface area (TPSA) is 26.1 Å². The maximum atomic E-state index is 4.36. The van der Waals surface area contributed by atoms with E-state index >= 15 is 0 Å². The van der Waals surface area contributed by atoms with Gasteiger partial charge in [-0.3, -0.25) is 0 Å². The van der Waals surface area contributed by atoms with Gasteiger partial charge in [0.05, 0.1) is 0 Å². The molecule has 2 heteroatoms. The Kier molecular flexibility index (Phi) is 3.16. The summed E-state index contributed by atoms with van der Waals surface area (Å²) < 4.78 is 0. The first-order valence-electron chi connectivity index (χ1n) is 4.18. The molecule has 2 unspecified atom stereocenters. The molecule has 1 aliphatic heterocycles. The second-order valence-electron chi connectivity index (χ2n) is 3.13. The fraction of sp³-hybridized carbons (Fsp3) is 1.00. The number of hydrogen-bond donors (Lipinski definition) is 1. The zero-order chi connectivity index (χ0) is 7.40. The highest BCUT2D eigenvalue weighted by molar-refractivity contribution is 4.78. The normalized spacial score (nSPS) is 33.0. The molecule has 1 fully saturated rings. The van der Waals surface area contributed by atoms with Crippen LogP contribution in [0.5, 0.6) is 0 Å². The summed E-state index contributed by atoms with van der Waals surface area (Å²) in [5.41, 5.74) is 0. The minimum absolute atomic E-state index is 0.805. The minimum atomic E-state index is 0.805. The molecular weight excluding hydrogens is 124 g/mol. The Bertz CT molecular complexity index is 93.3. The molecule has 0 aromatic heterocycles. The first kappa shape index (κ1) is 8.02. The van der Waals surface area contributed by atoms with Gasteiger partial charge in [0.1, 0.15) is 0 Å². The van der Waals surface area contributed by atoms with Gasteiger partial charge in [-0.1, -0.05) is 13.8 Å². The predicted molar refractivity (Wildman–Crippen MR) is 43.1 cm³/mol. The van der Waals surface area contributed by atoms with Crippen LogP contribution in [0.4, 0.5) is 0 Å². The van der Waals surface area contributed by atoms with Crippen molar-refractivity contribution in [2.24, 2.45) is 11.8 Å². The summed E-state index contributed by atoms with van der Waals surface area (Å²) in [5.74, 6) is 1.61. The molecule has 0 aromatic rings. The molecule has 0 aromatic carbocycles. The van der Waals surface area contributed by atoms with Gasteiger partial charge < -0.3 is 5.32 Å². The molecule has 10 heavy (non-hydrogen) atoms. The lowest BCUT2D eigenvalue weighted by Crippen LogP contribution is -2.26. The van der Waals surface area contributed by atoms with E-state index in [-0.39, 0.29) is 0 Å². The molecule has 1 N–H and O–H groups in total. The van der Waals surface area contributed by atoms with Gasteiger partial charge in [0, 0.05) is 13.1 Å². The fourth-order valence-corrected chi connectivity index (χ4v) is 1.37. The lowest BCUT2D eigenvalue weighted by Gasteiger charge is -2.12. The van der Waals surface area contributed by atoms with E-state index in [4.69, 9.17) is 0 Å². The van der Waals surface area contributed by atoms with Crippen molar-refractivity contribution < 1.29 is 0 Å². The average Bonchev–Trinajstić information content (AvgIpc) is 2.31. The smallest absolute Gasteiger partial charge is 0.0177 e. The van der Waals surface area contributed by atoms with E-state index in [0.29, 0.717) is 0 Å². The molecule has 1 radical (unpaired) electrons. The highest BCUT2D eigenvalue weighted by atomic mass is 14.9. The van der Waals surface area contributed by atoms with E-state index in [1.54, 1.807) is 0 Å². The van der Waals surface area contributed by atoms with Crippen LogP contribution in [0, 0.1) is 11.8 Å². The maximum Gasteiger partial charge on any atom is 0.0177 e. The minimum Gasteiger partial charge on any atom is -0.317 e. The molecule has 1 aliphatic rings. The third-order valence-corrected chi connectivity index (χ3v) is 2.24. The van der Waals surface area contributed by atoms with E-state index < -0.39 is 0 Å². The first-order valence-corrected chi connectivity index (χ1v) is 4.18. The number of hydrogen-bond acceptors (Lipinski definition) is 1. The Hall–Kier alpha value is -0.0800. The van der Waals surface area contributed by atoms with Crippen molar-refractivity contribution in [1.29, 1.82) is 0 Å². The van der Waals surface area contributed by atoms with Gasteiger partial charge in [-0.2, -0.15) is 0 Å². The molecule has 0 bridgehead atoms. The predicted octanol–water partition coefficient (Wildman–Crippen LogP) is 0.466. The van der Waals surface area contributed by atoms with Crippen molar-refractivity contribution in [3.05, 3.63) is 0 Å². The third-order valence-electron chi connectivity index (χ3n) is 2.24. The van der Waals surface area contributed by atoms with Gasteiger partial charge >= 0.3 is 0 Å². The van der Waals surface area contributed by atoms with Crippen molar-refractivity contribution in [1.82, 2.24) is 10.6 Å². The van der Waals surface area contributed by atoms with Crippen molar-refractivity contribution in [2.75, 3.05) is 26.2 Å². The van der Waals surface area contributed by atoms with E-state index in [2.05, 4.69) is 24.5 Å². The van der Waals surface area contributed by atoms with Crippen LogP contribution in [-0.4, -0.2) is 26.2 Å². The molecule has 1 saturated heterocycles. The van der Waals surface area contributed by atoms with E-state index in [9.17, 15) is 0 Å². The zero-order valence-electron chi connectivity index (χ0n) is 6.93. The summed E-state index contributed by atoms with van der Waals surface area (Å²) in [6.07, 6.45) is 0. The van der Waals surface area contributed by atoms with Crippen molar-refractivity contribution in [3.63, 3.8) is 0 Å². The number of nitrogens with zero attached hydrogens (tertiary/aromatic N) is 1. The van der Waals surface area contributed by atoms with Crippen molar-refractivity contribution in [2.45, 2.75) is 13.8 Å². The van der Waals surface area contributed by atoms with E-state index in [1.807, 2.05) is 0 Å². The molecule has 0 saturated carbocycles. The second kappa shape index (κ2) is 3.94. The zero-order valence-corrected chi connectivity index (χ0v) is 6.93. The van der Waals surface area contributed by atoms with Gasteiger partial charge in [-0.05, 0) is 24.9 Å². The summed E-state index contributed by atoms with van der Waals surface area (Å²) in [4.78, 5) is 0. The van der Waals surface area contributed by atoms with Crippen LogP contribution in [0.1, 0.15) is 13.8 Å². The van der Waals surface area contributed by atoms with Gasteiger partial charge in [0.15, 0.2) is 0 Å². The highest BCUT2D eigenvalue weighted by Gasteiger charge is 2.22. The number of rotatable bonds is 3. The summed E-state index contributed by atoms with van der Waals surface area (Å²) >= 11 is 0. The standard InChI is InChI=1S/C8H17N2/c1-3-9-5-8-6-10-4-7(8)2/h7-9H,3-6H2,1-2H3. The van der Waals surface area contributed by atoms with Gasteiger partial charge in [-0.15, -0.1) is 0 Å². The van der Waals surface area contributed by atoms with Crippen LogP contribution in [0.15, 0.2) is 0 Å². The quantitative estimate of drug-likeness (QED) is 0.607. The van der Waals surface area contributed by atoms with Crippen molar-refractivity contribution in [3.8, 4) is 0 Å². The highest BCUT2D eigenvalue weighted by Crippen LogP contribution is 2.15. The van der Waals surface area contributed by atoms with Gasteiger partial charge in [0.25, 0.3) is 0 Å². The Balaban J connectivity index is 2.14. The number of nitrogens with one attached hydrogen (secondary N) is 1. The largest absolute Gasteiger partial charge is 0.317 e. The fourth-order valence-electron chi connectivity index (χ4n) is 1.37. The Morgan fingerprint density at radius 1 is 1.50 bits per heavy atom. The summed E-state index contributed by atoms with van der Waals surface area (Å²) in [6.45, 7) is 8.84. The van der Waals surface area contributed by atoms with Crippen LogP contribution < -0.4 is 10.6 Å². The summed E-state index contributed by atoms with van der Waals surface area (Å²) in [6, 6.07) is 0. The third kappa shape index (κ3) is 1.96. The van der Waals surface area contributed by atoms with Crippen molar-refractivity contribution >= 4 is 0 Å². The van der Waals surface area contributed by atoms with E-state index in [0.717, 1.165) is 38.0 Å². The monoisotopic (exact) mass is 141 g/mol. The van der Waals surface area contributed by atoms with Crippen LogP contribution >= 0.6 is 0 Å². The molecule has 1 heterocycles.